The molecule has 0 fully saturated rings. The van der Waals surface area contributed by atoms with Crippen LogP contribution in [0.1, 0.15) is 23.8 Å². The number of aryl methyl sites for hydroxylation is 1. The highest BCUT2D eigenvalue weighted by molar-refractivity contribution is 5.79. The number of nitrogens with zero attached hydrogens (tertiary/aromatic N) is 1. The van der Waals surface area contributed by atoms with Crippen molar-refractivity contribution >= 4 is 5.96 Å². The van der Waals surface area contributed by atoms with Crippen molar-refractivity contribution in [2.75, 3.05) is 6.54 Å². The van der Waals surface area contributed by atoms with E-state index in [2.05, 4.69) is 15.6 Å². The van der Waals surface area contributed by atoms with Gasteiger partial charge in [0.15, 0.2) is 5.96 Å². The van der Waals surface area contributed by atoms with Crippen LogP contribution in [-0.4, -0.2) is 12.5 Å². The Kier molecular flexibility index (Phi) is 5.37. The molecule has 1 heterocycles. The van der Waals surface area contributed by atoms with Crippen molar-refractivity contribution in [3.63, 3.8) is 0 Å². The van der Waals surface area contributed by atoms with Crippen molar-refractivity contribution in [2.45, 2.75) is 26.9 Å². The molecule has 5 heteroatoms. The van der Waals surface area contributed by atoms with Gasteiger partial charge in [-0.1, -0.05) is 12.1 Å². The van der Waals surface area contributed by atoms with E-state index in [-0.39, 0.29) is 5.82 Å². The van der Waals surface area contributed by atoms with E-state index in [1.165, 1.54) is 6.07 Å². The molecule has 0 atom stereocenters. The van der Waals surface area contributed by atoms with Gasteiger partial charge in [-0.3, -0.25) is 0 Å². The molecule has 0 bridgehead atoms. The van der Waals surface area contributed by atoms with E-state index in [1.54, 1.807) is 19.3 Å². The van der Waals surface area contributed by atoms with Crippen molar-refractivity contribution in [1.82, 2.24) is 10.6 Å². The lowest BCUT2D eigenvalue weighted by Gasteiger charge is -2.10. The number of nitrogens with one attached hydrogen (secondary N) is 2. The number of hydrogen-bond donors (Lipinski definition) is 2. The van der Waals surface area contributed by atoms with Crippen LogP contribution in [-0.2, 0) is 13.1 Å². The van der Waals surface area contributed by atoms with Crippen LogP contribution in [0.3, 0.4) is 0 Å². The summed E-state index contributed by atoms with van der Waals surface area (Å²) in [6, 6.07) is 8.79. The number of guanidine groups is 1. The maximum absolute atomic E-state index is 13.2. The summed E-state index contributed by atoms with van der Waals surface area (Å²) in [7, 11) is 0. The number of halogens is 1. The van der Waals surface area contributed by atoms with Gasteiger partial charge >= 0.3 is 0 Å². The van der Waals surface area contributed by atoms with Crippen LogP contribution in [0.5, 0.6) is 0 Å². The highest BCUT2D eigenvalue weighted by Gasteiger charge is 2.01. The first-order chi connectivity index (χ1) is 10.2. The van der Waals surface area contributed by atoms with E-state index in [0.29, 0.717) is 24.6 Å². The highest BCUT2D eigenvalue weighted by Crippen LogP contribution is 2.10. The van der Waals surface area contributed by atoms with Gasteiger partial charge in [0.2, 0.25) is 0 Å². The monoisotopic (exact) mass is 289 g/mol. The van der Waals surface area contributed by atoms with Crippen LogP contribution in [0.25, 0.3) is 0 Å². The first-order valence-electron chi connectivity index (χ1n) is 6.98. The third-order valence-corrected chi connectivity index (χ3v) is 3.00. The van der Waals surface area contributed by atoms with Gasteiger partial charge in [0.1, 0.15) is 11.6 Å². The van der Waals surface area contributed by atoms with E-state index in [9.17, 15) is 4.39 Å². The topological polar surface area (TPSA) is 49.6 Å². The third kappa shape index (κ3) is 4.63. The molecule has 2 N–H and O–H groups in total. The largest absolute Gasteiger partial charge is 0.467 e. The molecule has 0 spiro atoms. The van der Waals surface area contributed by atoms with E-state index in [4.69, 9.17) is 4.42 Å². The van der Waals surface area contributed by atoms with Crippen molar-refractivity contribution in [1.29, 1.82) is 0 Å². The zero-order chi connectivity index (χ0) is 15.1. The Balaban J connectivity index is 1.97. The van der Waals surface area contributed by atoms with Crippen molar-refractivity contribution in [2.24, 2.45) is 4.99 Å². The summed E-state index contributed by atoms with van der Waals surface area (Å²) in [5.74, 6) is 1.36. The fourth-order valence-corrected chi connectivity index (χ4v) is 1.90. The second-order valence-corrected chi connectivity index (χ2v) is 4.71. The van der Waals surface area contributed by atoms with Gasteiger partial charge in [-0.05, 0) is 43.2 Å². The quantitative estimate of drug-likeness (QED) is 0.657. The Hall–Kier alpha value is -2.30. The first kappa shape index (κ1) is 15.1. The Morgan fingerprint density at radius 1 is 1.29 bits per heavy atom. The molecule has 0 aliphatic carbocycles. The summed E-state index contributed by atoms with van der Waals surface area (Å²) in [4.78, 5) is 4.48. The molecule has 0 aliphatic heterocycles. The summed E-state index contributed by atoms with van der Waals surface area (Å²) in [5.41, 5.74) is 1.61. The average molecular weight is 289 g/mol. The molecule has 0 unspecified atom stereocenters. The summed E-state index contributed by atoms with van der Waals surface area (Å²) in [6.07, 6.45) is 1.64. The van der Waals surface area contributed by atoms with E-state index in [0.717, 1.165) is 17.9 Å². The maximum atomic E-state index is 13.2. The standard InChI is InChI=1S/C16H20FN3O/c1-3-18-16(20-11-14-5-4-8-21-14)19-10-13-6-7-15(17)12(2)9-13/h4-9H,3,10-11H2,1-2H3,(H2,18,19,20). The minimum absolute atomic E-state index is 0.189. The molecule has 112 valence electrons. The Bertz CT molecular complexity index is 594. The number of aliphatic imine (C=N–C) groups is 1. The molecule has 0 saturated carbocycles. The second-order valence-electron chi connectivity index (χ2n) is 4.71. The molecule has 1 aromatic carbocycles. The number of benzene rings is 1. The van der Waals surface area contributed by atoms with Crippen LogP contribution >= 0.6 is 0 Å². The lowest BCUT2D eigenvalue weighted by Crippen LogP contribution is -2.36. The van der Waals surface area contributed by atoms with Crippen molar-refractivity contribution < 1.29 is 8.81 Å². The van der Waals surface area contributed by atoms with E-state index < -0.39 is 0 Å². The summed E-state index contributed by atoms with van der Waals surface area (Å²) >= 11 is 0. The van der Waals surface area contributed by atoms with Gasteiger partial charge in [-0.15, -0.1) is 0 Å². The molecule has 0 radical (unpaired) electrons. The fraction of sp³-hybridized carbons (Fsp3) is 0.312. The number of rotatable bonds is 5. The third-order valence-electron chi connectivity index (χ3n) is 3.00. The first-order valence-corrected chi connectivity index (χ1v) is 6.98. The van der Waals surface area contributed by atoms with Gasteiger partial charge in [0, 0.05) is 6.54 Å². The molecule has 2 aromatic rings. The van der Waals surface area contributed by atoms with Gasteiger partial charge in [0.05, 0.1) is 19.4 Å². The summed E-state index contributed by atoms with van der Waals surface area (Å²) in [5, 5.41) is 6.35. The second kappa shape index (κ2) is 7.47. The van der Waals surface area contributed by atoms with Gasteiger partial charge < -0.3 is 15.1 Å². The molecular weight excluding hydrogens is 269 g/mol. The van der Waals surface area contributed by atoms with Gasteiger partial charge in [-0.25, -0.2) is 9.38 Å². The lowest BCUT2D eigenvalue weighted by molar-refractivity contribution is 0.501. The van der Waals surface area contributed by atoms with Crippen LogP contribution in [0.2, 0.25) is 0 Å². The minimum atomic E-state index is -0.189. The van der Waals surface area contributed by atoms with Crippen LogP contribution in [0.15, 0.2) is 46.0 Å². The highest BCUT2D eigenvalue weighted by atomic mass is 19.1. The molecule has 4 nitrogen and oxygen atoms in total. The van der Waals surface area contributed by atoms with E-state index in [1.807, 2.05) is 25.1 Å². The Morgan fingerprint density at radius 3 is 2.81 bits per heavy atom. The minimum Gasteiger partial charge on any atom is -0.467 e. The predicted octanol–water partition coefficient (Wildman–Crippen LogP) is 2.98. The average Bonchev–Trinajstić information content (AvgIpc) is 2.99. The van der Waals surface area contributed by atoms with Crippen LogP contribution in [0.4, 0.5) is 4.39 Å². The number of hydrogen-bond acceptors (Lipinski definition) is 2. The van der Waals surface area contributed by atoms with Gasteiger partial charge in [-0.2, -0.15) is 0 Å². The lowest BCUT2D eigenvalue weighted by atomic mass is 10.1. The zero-order valence-electron chi connectivity index (χ0n) is 12.3. The number of furan rings is 1. The smallest absolute Gasteiger partial charge is 0.191 e. The maximum Gasteiger partial charge on any atom is 0.191 e. The molecular formula is C16H20FN3O. The van der Waals surface area contributed by atoms with Crippen LogP contribution < -0.4 is 10.6 Å². The predicted molar refractivity (Wildman–Crippen MR) is 81.5 cm³/mol. The zero-order valence-corrected chi connectivity index (χ0v) is 12.3. The van der Waals surface area contributed by atoms with Crippen LogP contribution in [0, 0.1) is 12.7 Å². The molecule has 0 saturated heterocycles. The summed E-state index contributed by atoms with van der Waals surface area (Å²) in [6.45, 7) is 5.59. The Labute approximate surface area is 124 Å². The molecule has 0 amide bonds. The molecule has 2 rings (SSSR count). The SMILES string of the molecule is CCNC(=NCc1ccc(F)c(C)c1)NCc1ccco1. The summed E-state index contributed by atoms with van der Waals surface area (Å²) < 4.78 is 18.5. The van der Waals surface area contributed by atoms with Crippen molar-refractivity contribution in [3.05, 3.63) is 59.3 Å². The molecule has 21 heavy (non-hydrogen) atoms. The normalized spacial score (nSPS) is 11.5. The molecule has 1 aromatic heterocycles. The van der Waals surface area contributed by atoms with Crippen molar-refractivity contribution in [3.8, 4) is 0 Å². The van der Waals surface area contributed by atoms with E-state index >= 15 is 0 Å². The Morgan fingerprint density at radius 2 is 2.14 bits per heavy atom. The van der Waals surface area contributed by atoms with Gasteiger partial charge in [0.25, 0.3) is 0 Å². The fourth-order valence-electron chi connectivity index (χ4n) is 1.90. The molecule has 0 aliphatic rings.